The molecule has 1 atom stereocenters. The van der Waals surface area contributed by atoms with Crippen LogP contribution in [0.1, 0.15) is 45.2 Å². The summed E-state index contributed by atoms with van der Waals surface area (Å²) in [5, 5.41) is 3.08. The molecule has 0 bridgehead atoms. The van der Waals surface area contributed by atoms with E-state index in [1.807, 2.05) is 45.0 Å². The second-order valence-corrected chi connectivity index (χ2v) is 5.76. The van der Waals surface area contributed by atoms with Crippen LogP contribution in [0.15, 0.2) is 28.7 Å². The third-order valence-corrected chi connectivity index (χ3v) is 4.67. The minimum atomic E-state index is -0.449. The van der Waals surface area contributed by atoms with Gasteiger partial charge in [-0.05, 0) is 31.4 Å². The maximum Gasteiger partial charge on any atom is 0.227 e. The Morgan fingerprint density at radius 3 is 2.42 bits per heavy atom. The van der Waals surface area contributed by atoms with Crippen molar-refractivity contribution in [3.63, 3.8) is 0 Å². The van der Waals surface area contributed by atoms with Crippen LogP contribution in [0, 0.1) is 5.41 Å². The number of hydrogen-bond donors (Lipinski definition) is 2. The zero-order valence-corrected chi connectivity index (χ0v) is 13.5. The fourth-order valence-electron chi connectivity index (χ4n) is 2.21. The zero-order valence-electron chi connectivity index (χ0n) is 11.9. The molecule has 0 aromatic heterocycles. The van der Waals surface area contributed by atoms with Gasteiger partial charge in [0.2, 0.25) is 5.91 Å². The Hall–Kier alpha value is -0.870. The van der Waals surface area contributed by atoms with Crippen molar-refractivity contribution in [3.8, 4) is 0 Å². The number of nitrogens with one attached hydrogen (secondary N) is 1. The molecule has 0 aliphatic heterocycles. The van der Waals surface area contributed by atoms with Gasteiger partial charge < -0.3 is 11.1 Å². The first-order chi connectivity index (χ1) is 9.00. The van der Waals surface area contributed by atoms with Crippen LogP contribution in [-0.4, -0.2) is 12.5 Å². The monoisotopic (exact) mass is 326 g/mol. The quantitative estimate of drug-likeness (QED) is 0.841. The molecule has 4 heteroatoms. The lowest BCUT2D eigenvalue weighted by atomic mass is 9.81. The molecule has 0 spiro atoms. The van der Waals surface area contributed by atoms with E-state index in [9.17, 15) is 4.79 Å². The number of halogens is 1. The van der Waals surface area contributed by atoms with Crippen molar-refractivity contribution < 1.29 is 4.79 Å². The molecule has 0 aliphatic rings. The summed E-state index contributed by atoms with van der Waals surface area (Å²) in [6, 6.07) is 7.89. The van der Waals surface area contributed by atoms with Crippen molar-refractivity contribution in [1.29, 1.82) is 0 Å². The maximum atomic E-state index is 12.4. The molecule has 1 aromatic rings. The van der Waals surface area contributed by atoms with Gasteiger partial charge in [-0.15, -0.1) is 0 Å². The molecule has 0 fully saturated rings. The molecule has 0 radical (unpaired) electrons. The maximum absolute atomic E-state index is 12.4. The summed E-state index contributed by atoms with van der Waals surface area (Å²) >= 11 is 3.51. The lowest BCUT2D eigenvalue weighted by molar-refractivity contribution is -0.131. The van der Waals surface area contributed by atoms with E-state index in [-0.39, 0.29) is 11.9 Å². The molecule has 3 nitrogen and oxygen atoms in total. The highest BCUT2D eigenvalue weighted by molar-refractivity contribution is 9.10. The van der Waals surface area contributed by atoms with Gasteiger partial charge in [-0.2, -0.15) is 0 Å². The highest BCUT2D eigenvalue weighted by atomic mass is 79.9. The van der Waals surface area contributed by atoms with E-state index in [0.717, 1.165) is 22.9 Å². The van der Waals surface area contributed by atoms with Crippen LogP contribution in [0.5, 0.6) is 0 Å². The van der Waals surface area contributed by atoms with E-state index >= 15 is 0 Å². The Balaban J connectivity index is 2.85. The van der Waals surface area contributed by atoms with E-state index in [1.165, 1.54) is 0 Å². The second kappa shape index (κ2) is 7.06. The number of nitrogens with two attached hydrogens (primary N) is 1. The summed E-state index contributed by atoms with van der Waals surface area (Å²) in [4.78, 5) is 12.4. The van der Waals surface area contributed by atoms with Gasteiger partial charge in [0.25, 0.3) is 0 Å². The highest BCUT2D eigenvalue weighted by Crippen LogP contribution is 2.28. The Morgan fingerprint density at radius 2 is 1.95 bits per heavy atom. The van der Waals surface area contributed by atoms with Gasteiger partial charge in [-0.3, -0.25) is 4.79 Å². The van der Waals surface area contributed by atoms with Crippen molar-refractivity contribution in [3.05, 3.63) is 34.3 Å². The number of carbonyl (C=O) groups excluding carboxylic acids is 1. The molecule has 0 saturated carbocycles. The number of amides is 1. The van der Waals surface area contributed by atoms with E-state index < -0.39 is 5.41 Å². The fourth-order valence-corrected chi connectivity index (χ4v) is 2.83. The molecule has 106 valence electrons. The molecule has 0 saturated heterocycles. The smallest absolute Gasteiger partial charge is 0.227 e. The largest absolute Gasteiger partial charge is 0.349 e. The molecule has 1 aromatic carbocycles. The van der Waals surface area contributed by atoms with Crippen molar-refractivity contribution in [2.45, 2.75) is 39.7 Å². The van der Waals surface area contributed by atoms with Gasteiger partial charge in [-0.25, -0.2) is 0 Å². The lowest BCUT2D eigenvalue weighted by Crippen LogP contribution is -2.46. The van der Waals surface area contributed by atoms with Crippen molar-refractivity contribution in [1.82, 2.24) is 5.32 Å². The van der Waals surface area contributed by atoms with Gasteiger partial charge in [0, 0.05) is 11.0 Å². The number of hydrogen-bond acceptors (Lipinski definition) is 2. The molecule has 19 heavy (non-hydrogen) atoms. The Bertz CT molecular complexity index is 422. The Labute approximate surface area is 124 Å². The van der Waals surface area contributed by atoms with Crippen LogP contribution < -0.4 is 11.1 Å². The van der Waals surface area contributed by atoms with E-state index in [4.69, 9.17) is 5.73 Å². The summed E-state index contributed by atoms with van der Waals surface area (Å²) in [5.41, 5.74) is 6.43. The van der Waals surface area contributed by atoms with Crippen molar-refractivity contribution in [2.24, 2.45) is 11.1 Å². The molecule has 1 amide bonds. The van der Waals surface area contributed by atoms with Crippen LogP contribution in [-0.2, 0) is 4.79 Å². The molecule has 3 N–H and O–H groups in total. The minimum absolute atomic E-state index is 0.0351. The van der Waals surface area contributed by atoms with E-state index in [2.05, 4.69) is 21.2 Å². The highest BCUT2D eigenvalue weighted by Gasteiger charge is 2.34. The predicted molar refractivity (Wildman–Crippen MR) is 82.8 cm³/mol. The van der Waals surface area contributed by atoms with E-state index in [1.54, 1.807) is 0 Å². The van der Waals surface area contributed by atoms with Crippen molar-refractivity contribution >= 4 is 21.8 Å². The van der Waals surface area contributed by atoms with Crippen LogP contribution in [0.3, 0.4) is 0 Å². The van der Waals surface area contributed by atoms with Crippen LogP contribution in [0.2, 0.25) is 0 Å². The van der Waals surface area contributed by atoms with Gasteiger partial charge in [0.15, 0.2) is 0 Å². The summed E-state index contributed by atoms with van der Waals surface area (Å²) in [7, 11) is 0. The number of carbonyl (C=O) groups is 1. The fraction of sp³-hybridized carbons (Fsp3) is 0.533. The van der Waals surface area contributed by atoms with Gasteiger partial charge in [0.1, 0.15) is 0 Å². The first-order valence-electron chi connectivity index (χ1n) is 6.76. The summed E-state index contributed by atoms with van der Waals surface area (Å²) in [6.45, 7) is 6.40. The summed E-state index contributed by atoms with van der Waals surface area (Å²) in [5.74, 6) is 0.0447. The number of benzene rings is 1. The molecule has 1 rings (SSSR count). The zero-order chi connectivity index (χ0) is 14.5. The third-order valence-electron chi connectivity index (χ3n) is 3.95. The van der Waals surface area contributed by atoms with Gasteiger partial charge >= 0.3 is 0 Å². The molecular weight excluding hydrogens is 304 g/mol. The first kappa shape index (κ1) is 16.2. The SMILES string of the molecule is CCC(CC)(CN)C(=O)N[C@H](C)c1ccccc1Br. The van der Waals surface area contributed by atoms with Gasteiger partial charge in [-0.1, -0.05) is 48.0 Å². The first-order valence-corrected chi connectivity index (χ1v) is 7.55. The molecular formula is C15H23BrN2O. The molecule has 0 unspecified atom stereocenters. The standard InChI is InChI=1S/C15H23BrN2O/c1-4-15(5-2,10-17)14(19)18-11(3)12-8-6-7-9-13(12)16/h6-9,11H,4-5,10,17H2,1-3H3,(H,18,19)/t11-/m1/s1. The molecule has 0 aliphatic carbocycles. The van der Waals surface area contributed by atoms with E-state index in [0.29, 0.717) is 6.54 Å². The normalized spacial score (nSPS) is 13.1. The summed E-state index contributed by atoms with van der Waals surface area (Å²) < 4.78 is 1.01. The Morgan fingerprint density at radius 1 is 1.37 bits per heavy atom. The minimum Gasteiger partial charge on any atom is -0.349 e. The third kappa shape index (κ3) is 3.57. The van der Waals surface area contributed by atoms with Crippen molar-refractivity contribution in [2.75, 3.05) is 6.54 Å². The van der Waals surface area contributed by atoms with Crippen LogP contribution >= 0.6 is 15.9 Å². The second-order valence-electron chi connectivity index (χ2n) is 4.91. The average Bonchev–Trinajstić information content (AvgIpc) is 2.41. The topological polar surface area (TPSA) is 55.1 Å². The lowest BCUT2D eigenvalue weighted by Gasteiger charge is -2.30. The number of rotatable bonds is 6. The predicted octanol–water partition coefficient (Wildman–Crippen LogP) is 3.39. The molecule has 0 heterocycles. The summed E-state index contributed by atoms with van der Waals surface area (Å²) in [6.07, 6.45) is 1.52. The average molecular weight is 327 g/mol. The van der Waals surface area contributed by atoms with Crippen LogP contribution in [0.25, 0.3) is 0 Å². The van der Waals surface area contributed by atoms with Crippen LogP contribution in [0.4, 0.5) is 0 Å². The Kier molecular flexibility index (Phi) is 6.01. The van der Waals surface area contributed by atoms with Gasteiger partial charge in [0.05, 0.1) is 11.5 Å².